The second kappa shape index (κ2) is 9.69. The molecule has 2 aliphatic heterocycles. The van der Waals surface area contributed by atoms with Crippen LogP contribution in [-0.4, -0.2) is 76.1 Å². The zero-order chi connectivity index (χ0) is 24.7. The maximum Gasteiger partial charge on any atom is 0.229 e. The highest BCUT2D eigenvalue weighted by Gasteiger charge is 2.43. The summed E-state index contributed by atoms with van der Waals surface area (Å²) in [5.41, 5.74) is 2.27. The molecule has 1 aromatic heterocycles. The summed E-state index contributed by atoms with van der Waals surface area (Å²) in [6, 6.07) is 8.58. The van der Waals surface area contributed by atoms with E-state index in [2.05, 4.69) is 84.2 Å². The number of rotatable bonds is 5. The molecular formula is C25H37Cl2N7. The topological polar surface area (TPSA) is 59.6 Å². The third-order valence-electron chi connectivity index (χ3n) is 7.45. The molecule has 7 nitrogen and oxygen atoms in total. The van der Waals surface area contributed by atoms with E-state index in [9.17, 15) is 0 Å². The molecule has 1 aromatic carbocycles. The Morgan fingerprint density at radius 1 is 1.00 bits per heavy atom. The van der Waals surface area contributed by atoms with Crippen molar-refractivity contribution in [1.82, 2.24) is 19.8 Å². The van der Waals surface area contributed by atoms with Gasteiger partial charge in [0.25, 0.3) is 0 Å². The van der Waals surface area contributed by atoms with Crippen molar-refractivity contribution in [3.05, 3.63) is 35.5 Å². The predicted molar refractivity (Wildman–Crippen MR) is 144 cm³/mol. The molecule has 9 heteroatoms. The van der Waals surface area contributed by atoms with Gasteiger partial charge in [0.1, 0.15) is 10.5 Å². The third kappa shape index (κ3) is 5.54. The zero-order valence-electron chi connectivity index (χ0n) is 21.1. The monoisotopic (exact) mass is 505 g/mol. The van der Waals surface area contributed by atoms with Crippen LogP contribution in [0.5, 0.6) is 0 Å². The molecule has 2 fully saturated rings. The molecule has 186 valence electrons. The minimum Gasteiger partial charge on any atom is -0.367 e. The number of hydrogen-bond donors (Lipinski definition) is 2. The number of piperazine rings is 1. The van der Waals surface area contributed by atoms with Crippen LogP contribution in [0, 0.1) is 0 Å². The Morgan fingerprint density at radius 2 is 1.65 bits per heavy atom. The highest BCUT2D eigenvalue weighted by molar-refractivity contribution is 6.32. The van der Waals surface area contributed by atoms with Crippen molar-refractivity contribution in [2.45, 2.75) is 63.2 Å². The van der Waals surface area contributed by atoms with Crippen LogP contribution in [0.3, 0.4) is 0 Å². The normalized spacial score (nSPS) is 23.6. The molecular weight excluding hydrogens is 469 g/mol. The Hall–Kier alpha value is -1.80. The first-order valence-electron chi connectivity index (χ1n) is 11.9. The van der Waals surface area contributed by atoms with E-state index < -0.39 is 0 Å². The summed E-state index contributed by atoms with van der Waals surface area (Å²) in [5, 5.41) is 7.44. The van der Waals surface area contributed by atoms with E-state index >= 15 is 0 Å². The molecule has 0 radical (unpaired) electrons. The van der Waals surface area contributed by atoms with E-state index in [0.29, 0.717) is 16.8 Å². The van der Waals surface area contributed by atoms with E-state index in [1.54, 1.807) is 6.20 Å². The second-order valence-corrected chi connectivity index (χ2v) is 11.8. The first-order valence-corrected chi connectivity index (χ1v) is 12.8. The first kappa shape index (κ1) is 25.3. The fourth-order valence-corrected chi connectivity index (χ4v) is 5.56. The lowest BCUT2D eigenvalue weighted by molar-refractivity contribution is -0.00772. The quantitative estimate of drug-likeness (QED) is 0.424. The largest absolute Gasteiger partial charge is 0.367 e. The molecule has 2 saturated heterocycles. The highest BCUT2D eigenvalue weighted by Crippen LogP contribution is 2.38. The molecule has 1 atom stereocenters. The summed E-state index contributed by atoms with van der Waals surface area (Å²) in [7, 11) is 4.27. The lowest BCUT2D eigenvalue weighted by Gasteiger charge is -2.53. The number of anilines is 4. The van der Waals surface area contributed by atoms with E-state index in [1.807, 2.05) is 12.1 Å². The zero-order valence-corrected chi connectivity index (χ0v) is 22.6. The Kier molecular flexibility index (Phi) is 7.21. The van der Waals surface area contributed by atoms with Gasteiger partial charge in [-0.2, -0.15) is 4.98 Å². The fraction of sp³-hybridized carbons (Fsp3) is 0.600. The van der Waals surface area contributed by atoms with Gasteiger partial charge in [-0.15, -0.1) is 11.6 Å². The van der Waals surface area contributed by atoms with Crippen molar-refractivity contribution in [3.8, 4) is 0 Å². The van der Waals surface area contributed by atoms with E-state index in [-0.39, 0.29) is 22.6 Å². The Morgan fingerprint density at radius 3 is 2.26 bits per heavy atom. The van der Waals surface area contributed by atoms with Crippen LogP contribution in [0.4, 0.5) is 23.1 Å². The molecule has 3 heterocycles. The molecule has 34 heavy (non-hydrogen) atoms. The lowest BCUT2D eigenvalue weighted by Crippen LogP contribution is -2.61. The SMILES string of the molecule is CN1CCN(c2ccc(Nc3ncc(Cl)c(NC4CC(C)(C)N(C)C(C)(C)C4)n3)cc2)CC1Cl. The van der Waals surface area contributed by atoms with Crippen LogP contribution in [0.15, 0.2) is 30.5 Å². The molecule has 1 unspecified atom stereocenters. The van der Waals surface area contributed by atoms with Crippen LogP contribution in [0.1, 0.15) is 40.5 Å². The minimum atomic E-state index is 0.0284. The van der Waals surface area contributed by atoms with Gasteiger partial charge in [0.05, 0.1) is 6.20 Å². The van der Waals surface area contributed by atoms with Gasteiger partial charge in [-0.1, -0.05) is 11.6 Å². The van der Waals surface area contributed by atoms with Crippen LogP contribution >= 0.6 is 23.2 Å². The van der Waals surface area contributed by atoms with Gasteiger partial charge in [0, 0.05) is 48.1 Å². The number of aromatic nitrogens is 2. The number of nitrogens with one attached hydrogen (secondary N) is 2. The van der Waals surface area contributed by atoms with E-state index in [1.165, 1.54) is 0 Å². The maximum absolute atomic E-state index is 6.47. The van der Waals surface area contributed by atoms with Crippen molar-refractivity contribution in [1.29, 1.82) is 0 Å². The van der Waals surface area contributed by atoms with Gasteiger partial charge in [-0.3, -0.25) is 9.80 Å². The van der Waals surface area contributed by atoms with Crippen molar-refractivity contribution in [2.24, 2.45) is 0 Å². The van der Waals surface area contributed by atoms with Gasteiger partial charge in [0.2, 0.25) is 5.95 Å². The summed E-state index contributed by atoms with van der Waals surface area (Å²) < 4.78 is 0. The van der Waals surface area contributed by atoms with Crippen LogP contribution in [0.25, 0.3) is 0 Å². The number of halogens is 2. The summed E-state index contributed by atoms with van der Waals surface area (Å²) in [6.45, 7) is 11.9. The molecule has 0 aliphatic carbocycles. The summed E-state index contributed by atoms with van der Waals surface area (Å²) in [6.07, 6.45) is 3.67. The number of hydrogen-bond acceptors (Lipinski definition) is 7. The molecule has 0 spiro atoms. The Balaban J connectivity index is 1.43. The fourth-order valence-electron chi connectivity index (χ4n) is 5.15. The van der Waals surface area contributed by atoms with Gasteiger partial charge in [0.15, 0.2) is 5.82 Å². The standard InChI is InChI=1S/C25H37Cl2N7/c1-24(2)13-18(14-25(3,4)33(24)6)29-22-20(26)15-28-23(31-22)30-17-7-9-19(10-8-17)34-12-11-32(5)21(27)16-34/h7-10,15,18,21H,11-14,16H2,1-6H3,(H2,28,29,30,31). The summed E-state index contributed by atoms with van der Waals surface area (Å²) in [5.74, 6) is 1.19. The Labute approximate surface area is 213 Å². The van der Waals surface area contributed by atoms with Gasteiger partial charge < -0.3 is 15.5 Å². The lowest BCUT2D eigenvalue weighted by atomic mass is 9.77. The van der Waals surface area contributed by atoms with Crippen molar-refractivity contribution in [2.75, 3.05) is 49.3 Å². The molecule has 4 rings (SSSR count). The number of alkyl halides is 1. The number of benzene rings is 1. The van der Waals surface area contributed by atoms with Gasteiger partial charge in [-0.25, -0.2) is 4.98 Å². The first-order chi connectivity index (χ1) is 15.9. The maximum atomic E-state index is 6.47. The summed E-state index contributed by atoms with van der Waals surface area (Å²) in [4.78, 5) is 16.0. The Bertz CT molecular complexity index is 977. The number of likely N-dealkylation sites (N-methyl/N-ethyl adjacent to an activating group) is 1. The molecule has 2 N–H and O–H groups in total. The van der Waals surface area contributed by atoms with Crippen LogP contribution in [0.2, 0.25) is 5.02 Å². The predicted octanol–water partition coefficient (Wildman–Crippen LogP) is 5.25. The van der Waals surface area contributed by atoms with Crippen LogP contribution in [-0.2, 0) is 0 Å². The number of likely N-dealkylation sites (tertiary alicyclic amines) is 1. The molecule has 2 aliphatic rings. The minimum absolute atomic E-state index is 0.0284. The van der Waals surface area contributed by atoms with Gasteiger partial charge >= 0.3 is 0 Å². The van der Waals surface area contributed by atoms with Crippen molar-refractivity contribution in [3.63, 3.8) is 0 Å². The number of nitrogens with zero attached hydrogens (tertiary/aromatic N) is 5. The van der Waals surface area contributed by atoms with Crippen LogP contribution < -0.4 is 15.5 Å². The highest BCUT2D eigenvalue weighted by atomic mass is 35.5. The van der Waals surface area contributed by atoms with Gasteiger partial charge in [-0.05, 0) is 78.9 Å². The average Bonchev–Trinajstić information content (AvgIpc) is 2.76. The molecule has 0 bridgehead atoms. The smallest absolute Gasteiger partial charge is 0.229 e. The van der Waals surface area contributed by atoms with E-state index in [4.69, 9.17) is 28.2 Å². The van der Waals surface area contributed by atoms with E-state index in [0.717, 1.165) is 43.9 Å². The number of piperidine rings is 1. The molecule has 0 amide bonds. The second-order valence-electron chi connectivity index (χ2n) is 10.9. The molecule has 2 aromatic rings. The van der Waals surface area contributed by atoms with Crippen molar-refractivity contribution < 1.29 is 0 Å². The third-order valence-corrected chi connectivity index (χ3v) is 8.20. The summed E-state index contributed by atoms with van der Waals surface area (Å²) >= 11 is 12.9. The average molecular weight is 507 g/mol. The molecule has 0 saturated carbocycles. The van der Waals surface area contributed by atoms with Crippen molar-refractivity contribution >= 4 is 46.3 Å².